The minimum absolute atomic E-state index is 0.00916. The van der Waals surface area contributed by atoms with Gasteiger partial charge in [0.2, 0.25) is 6.04 Å². The van der Waals surface area contributed by atoms with Crippen LogP contribution in [0, 0.1) is 0 Å². The van der Waals surface area contributed by atoms with Crippen LogP contribution in [0.5, 0.6) is 0 Å². The molecule has 0 radical (unpaired) electrons. The van der Waals surface area contributed by atoms with Gasteiger partial charge in [-0.1, -0.05) is 18.2 Å². The Bertz CT molecular complexity index is 1650. The van der Waals surface area contributed by atoms with Crippen molar-refractivity contribution in [2.24, 2.45) is 10.2 Å². The van der Waals surface area contributed by atoms with Crippen molar-refractivity contribution in [3.8, 4) is 10.6 Å². The van der Waals surface area contributed by atoms with Crippen LogP contribution in [0.25, 0.3) is 20.8 Å². The standard InChI is InChI=1S/C24H18N4O7S2/c1-13(29)19(22(30)25-15-5-3-2-4-6-15)28-27-16-9-7-14(8-10-16)23-26-18-12-11-17(24(31)32)21(20(18)36-23)37(33,34)35/h2-12,19H,1H3,(H,25,30)(H,31,32)(H,33,34,35). The smallest absolute Gasteiger partial charge is 0.337 e. The number of carbonyl (C=O) groups is 3. The van der Waals surface area contributed by atoms with E-state index in [4.69, 9.17) is 0 Å². The second-order valence-electron chi connectivity index (χ2n) is 7.72. The lowest BCUT2D eigenvalue weighted by atomic mass is 10.2. The van der Waals surface area contributed by atoms with Crippen molar-refractivity contribution in [2.75, 3.05) is 5.32 Å². The molecular formula is C24H18N4O7S2. The van der Waals surface area contributed by atoms with Gasteiger partial charge in [0.15, 0.2) is 5.78 Å². The number of para-hydroxylation sites is 1. The number of aromatic nitrogens is 1. The summed E-state index contributed by atoms with van der Waals surface area (Å²) in [5, 5.41) is 20.2. The zero-order chi connectivity index (χ0) is 26.7. The minimum atomic E-state index is -4.83. The summed E-state index contributed by atoms with van der Waals surface area (Å²) in [6.45, 7) is 1.24. The highest BCUT2D eigenvalue weighted by molar-refractivity contribution is 7.86. The first-order valence-corrected chi connectivity index (χ1v) is 12.8. The van der Waals surface area contributed by atoms with Gasteiger partial charge in [0.1, 0.15) is 9.90 Å². The van der Waals surface area contributed by atoms with Gasteiger partial charge in [0.05, 0.1) is 21.5 Å². The number of carboxylic acids is 1. The summed E-state index contributed by atoms with van der Waals surface area (Å²) in [5.74, 6) is -2.61. The molecule has 1 unspecified atom stereocenters. The van der Waals surface area contributed by atoms with Crippen molar-refractivity contribution in [3.05, 3.63) is 72.3 Å². The van der Waals surface area contributed by atoms with Crippen LogP contribution >= 0.6 is 11.3 Å². The van der Waals surface area contributed by atoms with E-state index in [0.717, 1.165) is 17.4 Å². The summed E-state index contributed by atoms with van der Waals surface area (Å²) >= 11 is 0.903. The zero-order valence-corrected chi connectivity index (χ0v) is 20.7. The number of anilines is 1. The predicted molar refractivity (Wildman–Crippen MR) is 136 cm³/mol. The lowest BCUT2D eigenvalue weighted by molar-refractivity contribution is -0.126. The van der Waals surface area contributed by atoms with Crippen LogP contribution in [0.1, 0.15) is 17.3 Å². The average molecular weight is 539 g/mol. The Balaban J connectivity index is 1.59. The van der Waals surface area contributed by atoms with Gasteiger partial charge in [0.25, 0.3) is 16.0 Å². The van der Waals surface area contributed by atoms with Gasteiger partial charge in [0, 0.05) is 11.3 Å². The third-order valence-corrected chi connectivity index (χ3v) is 7.29. The number of azo groups is 1. The molecule has 0 aliphatic heterocycles. The summed E-state index contributed by atoms with van der Waals surface area (Å²) in [5.41, 5.74) is 1.06. The van der Waals surface area contributed by atoms with Crippen molar-refractivity contribution < 1.29 is 32.5 Å². The van der Waals surface area contributed by atoms with Gasteiger partial charge in [-0.25, -0.2) is 9.78 Å². The fourth-order valence-corrected chi connectivity index (χ4v) is 5.59. The number of aromatic carboxylic acids is 1. The number of hydrogen-bond acceptors (Lipinski definition) is 9. The van der Waals surface area contributed by atoms with Gasteiger partial charge >= 0.3 is 5.97 Å². The highest BCUT2D eigenvalue weighted by atomic mass is 32.2. The molecule has 4 rings (SSSR count). The lowest BCUT2D eigenvalue weighted by Gasteiger charge is -2.09. The van der Waals surface area contributed by atoms with E-state index in [9.17, 15) is 32.5 Å². The largest absolute Gasteiger partial charge is 0.478 e. The number of hydrogen-bond donors (Lipinski definition) is 3. The molecule has 0 aliphatic carbocycles. The molecule has 1 amide bonds. The molecule has 13 heteroatoms. The Morgan fingerprint density at radius 2 is 1.68 bits per heavy atom. The number of Topliss-reactive ketones (excluding diaryl/α,β-unsaturated/α-hetero) is 1. The number of nitrogens with zero attached hydrogens (tertiary/aromatic N) is 3. The number of rotatable bonds is 8. The van der Waals surface area contributed by atoms with Crippen molar-refractivity contribution >= 4 is 60.7 Å². The molecule has 3 N–H and O–H groups in total. The second kappa shape index (κ2) is 10.3. The van der Waals surface area contributed by atoms with Crippen LogP contribution in [0.3, 0.4) is 0 Å². The van der Waals surface area contributed by atoms with E-state index in [0.29, 0.717) is 21.9 Å². The molecule has 188 valence electrons. The fourth-order valence-electron chi connectivity index (χ4n) is 3.36. The van der Waals surface area contributed by atoms with Gasteiger partial charge in [-0.05, 0) is 55.5 Å². The Morgan fingerprint density at radius 1 is 1.00 bits per heavy atom. The topological polar surface area (TPSA) is 175 Å². The first kappa shape index (κ1) is 25.8. The molecule has 3 aromatic carbocycles. The third-order valence-electron chi connectivity index (χ3n) is 5.08. The van der Waals surface area contributed by atoms with Crippen LogP contribution < -0.4 is 5.32 Å². The number of nitrogens with one attached hydrogen (secondary N) is 1. The maximum Gasteiger partial charge on any atom is 0.337 e. The third kappa shape index (κ3) is 5.74. The number of thiazole rings is 1. The molecule has 37 heavy (non-hydrogen) atoms. The van der Waals surface area contributed by atoms with Gasteiger partial charge < -0.3 is 10.4 Å². The van der Waals surface area contributed by atoms with E-state index in [2.05, 4.69) is 20.5 Å². The van der Waals surface area contributed by atoms with E-state index in [1.807, 2.05) is 0 Å². The molecule has 0 spiro atoms. The summed E-state index contributed by atoms with van der Waals surface area (Å²) in [7, 11) is -4.83. The van der Waals surface area contributed by atoms with E-state index in [1.165, 1.54) is 13.0 Å². The van der Waals surface area contributed by atoms with Crippen molar-refractivity contribution in [1.82, 2.24) is 4.98 Å². The Labute approximate surface area is 214 Å². The Hall–Kier alpha value is -4.33. The maximum absolute atomic E-state index is 12.5. The maximum atomic E-state index is 12.5. The molecule has 0 fully saturated rings. The highest BCUT2D eigenvalue weighted by Gasteiger charge is 2.26. The van der Waals surface area contributed by atoms with Crippen LogP contribution in [-0.2, 0) is 19.7 Å². The average Bonchev–Trinajstić information content (AvgIpc) is 3.28. The Morgan fingerprint density at radius 3 is 2.27 bits per heavy atom. The normalized spacial score (nSPS) is 12.5. The number of carboxylic acid groups (broad SMARTS) is 1. The van der Waals surface area contributed by atoms with E-state index >= 15 is 0 Å². The molecule has 1 heterocycles. The first-order chi connectivity index (χ1) is 17.5. The van der Waals surface area contributed by atoms with Crippen molar-refractivity contribution in [3.63, 3.8) is 0 Å². The molecule has 1 atom stereocenters. The van der Waals surface area contributed by atoms with Gasteiger partial charge in [-0.3, -0.25) is 14.1 Å². The molecule has 4 aromatic rings. The molecule has 0 saturated carbocycles. The Kier molecular flexibility index (Phi) is 7.20. The van der Waals surface area contributed by atoms with E-state index < -0.39 is 44.3 Å². The van der Waals surface area contributed by atoms with E-state index in [1.54, 1.807) is 54.6 Å². The zero-order valence-electron chi connectivity index (χ0n) is 19.0. The second-order valence-corrected chi connectivity index (χ2v) is 10.1. The number of carbonyl (C=O) groups excluding carboxylic acids is 2. The number of benzene rings is 3. The van der Waals surface area contributed by atoms with Crippen LogP contribution in [0.4, 0.5) is 11.4 Å². The summed E-state index contributed by atoms with van der Waals surface area (Å²) in [6.07, 6.45) is 0. The molecule has 0 saturated heterocycles. The lowest BCUT2D eigenvalue weighted by Crippen LogP contribution is -2.31. The summed E-state index contributed by atoms with van der Waals surface area (Å²) in [6, 6.07) is 16.0. The number of ketones is 1. The number of amides is 1. The highest BCUT2D eigenvalue weighted by Crippen LogP contribution is 2.36. The minimum Gasteiger partial charge on any atom is -0.478 e. The van der Waals surface area contributed by atoms with Crippen molar-refractivity contribution in [2.45, 2.75) is 17.9 Å². The van der Waals surface area contributed by atoms with Crippen LogP contribution in [0.2, 0.25) is 0 Å². The first-order valence-electron chi connectivity index (χ1n) is 10.6. The van der Waals surface area contributed by atoms with Gasteiger partial charge in [-0.2, -0.15) is 18.6 Å². The molecular weight excluding hydrogens is 520 g/mol. The quantitative estimate of drug-likeness (QED) is 0.166. The summed E-state index contributed by atoms with van der Waals surface area (Å²) in [4.78, 5) is 39.5. The summed E-state index contributed by atoms with van der Waals surface area (Å²) < 4.78 is 33.4. The molecule has 11 nitrogen and oxygen atoms in total. The van der Waals surface area contributed by atoms with E-state index in [-0.39, 0.29) is 10.2 Å². The number of fused-ring (bicyclic) bond motifs is 1. The molecule has 0 bridgehead atoms. The van der Waals surface area contributed by atoms with Crippen molar-refractivity contribution in [1.29, 1.82) is 0 Å². The monoisotopic (exact) mass is 538 g/mol. The van der Waals surface area contributed by atoms with Gasteiger partial charge in [-0.15, -0.1) is 11.3 Å². The van der Waals surface area contributed by atoms with Crippen LogP contribution in [0.15, 0.2) is 81.9 Å². The fraction of sp³-hybridized carbons (Fsp3) is 0.0833. The molecule has 0 aliphatic rings. The van der Waals surface area contributed by atoms with Crippen LogP contribution in [-0.4, -0.2) is 46.8 Å². The predicted octanol–water partition coefficient (Wildman–Crippen LogP) is 4.59. The SMILES string of the molecule is CC(=O)C(N=Nc1ccc(-c2nc3ccc(C(=O)O)c(S(=O)(=O)O)c3s2)cc1)C(=O)Nc1ccccc1. The molecule has 1 aromatic heterocycles.